The van der Waals surface area contributed by atoms with Crippen LogP contribution in [0, 0.1) is 6.92 Å². The molecule has 1 aromatic heterocycles. The molecule has 5 heteroatoms. The summed E-state index contributed by atoms with van der Waals surface area (Å²) in [5.41, 5.74) is 1.32. The second-order valence-corrected chi connectivity index (χ2v) is 5.08. The maximum absolute atomic E-state index is 10.9. The number of carbonyl (C=O) groups is 1. The van der Waals surface area contributed by atoms with Gasteiger partial charge in [0.15, 0.2) is 0 Å². The smallest absolute Gasteiger partial charge is 0.339 e. The highest BCUT2D eigenvalue weighted by Crippen LogP contribution is 2.18. The Bertz CT molecular complexity index is 604. The maximum atomic E-state index is 10.9. The Kier molecular flexibility index (Phi) is 4.47. The van der Waals surface area contributed by atoms with E-state index < -0.39 is 5.97 Å². The minimum Gasteiger partial charge on any atom is -0.478 e. The van der Waals surface area contributed by atoms with Crippen molar-refractivity contribution < 1.29 is 14.3 Å². The molecule has 0 bridgehead atoms. The van der Waals surface area contributed by atoms with Gasteiger partial charge >= 0.3 is 5.97 Å². The zero-order chi connectivity index (χ0) is 14.7. The van der Waals surface area contributed by atoms with Gasteiger partial charge < -0.3 is 14.8 Å². The summed E-state index contributed by atoms with van der Waals surface area (Å²) in [6.45, 7) is 4.14. The molecule has 106 valence electrons. The van der Waals surface area contributed by atoms with Crippen LogP contribution < -0.4 is 5.32 Å². The van der Waals surface area contributed by atoms with Gasteiger partial charge in [-0.2, -0.15) is 0 Å². The van der Waals surface area contributed by atoms with Gasteiger partial charge in [0.2, 0.25) is 0 Å². The fourth-order valence-corrected chi connectivity index (χ4v) is 2.09. The van der Waals surface area contributed by atoms with E-state index in [4.69, 9.17) is 21.1 Å². The molecule has 1 aromatic carbocycles. The highest BCUT2D eigenvalue weighted by Gasteiger charge is 2.14. The zero-order valence-electron chi connectivity index (χ0n) is 11.3. The molecule has 1 heterocycles. The lowest BCUT2D eigenvalue weighted by atomic mass is 10.1. The molecule has 0 radical (unpaired) electrons. The molecule has 0 unspecified atom stereocenters. The van der Waals surface area contributed by atoms with Gasteiger partial charge in [-0.3, -0.25) is 0 Å². The molecule has 0 saturated carbocycles. The van der Waals surface area contributed by atoms with Crippen LogP contribution in [-0.4, -0.2) is 11.1 Å². The average Bonchev–Trinajstić information content (AvgIpc) is 2.78. The molecule has 0 saturated heterocycles. The average molecular weight is 294 g/mol. The lowest BCUT2D eigenvalue weighted by molar-refractivity contribution is 0.0695. The van der Waals surface area contributed by atoms with Crippen LogP contribution in [0.2, 0.25) is 5.02 Å². The standard InChI is InChI=1S/C15H16ClNO3/c1-9(11-3-5-12(16)6-4-11)17-8-13-7-14(15(18)19)10(2)20-13/h3-7,9,17H,8H2,1-2H3,(H,18,19)/t9-/m1/s1. The Balaban J connectivity index is 1.99. The predicted molar refractivity (Wildman–Crippen MR) is 77.1 cm³/mol. The van der Waals surface area contributed by atoms with E-state index in [-0.39, 0.29) is 11.6 Å². The Labute approximate surface area is 122 Å². The second kappa shape index (κ2) is 6.11. The second-order valence-electron chi connectivity index (χ2n) is 4.64. The van der Waals surface area contributed by atoms with Crippen LogP contribution in [0.25, 0.3) is 0 Å². The SMILES string of the molecule is Cc1oc(CN[C@H](C)c2ccc(Cl)cc2)cc1C(=O)O. The van der Waals surface area contributed by atoms with Crippen molar-refractivity contribution in [3.8, 4) is 0 Å². The van der Waals surface area contributed by atoms with E-state index in [2.05, 4.69) is 5.32 Å². The van der Waals surface area contributed by atoms with Gasteiger partial charge in [-0.05, 0) is 37.6 Å². The van der Waals surface area contributed by atoms with Crippen LogP contribution in [0.15, 0.2) is 34.7 Å². The highest BCUT2D eigenvalue weighted by molar-refractivity contribution is 6.30. The summed E-state index contributed by atoms with van der Waals surface area (Å²) < 4.78 is 5.42. The Hall–Kier alpha value is -1.78. The Morgan fingerprint density at radius 3 is 2.60 bits per heavy atom. The number of halogens is 1. The van der Waals surface area contributed by atoms with Crippen molar-refractivity contribution in [3.63, 3.8) is 0 Å². The van der Waals surface area contributed by atoms with E-state index in [1.807, 2.05) is 31.2 Å². The fraction of sp³-hybridized carbons (Fsp3) is 0.267. The maximum Gasteiger partial charge on any atom is 0.339 e. The van der Waals surface area contributed by atoms with E-state index in [1.165, 1.54) is 0 Å². The minimum absolute atomic E-state index is 0.117. The summed E-state index contributed by atoms with van der Waals surface area (Å²) in [7, 11) is 0. The lowest BCUT2D eigenvalue weighted by Crippen LogP contribution is -2.17. The molecular weight excluding hydrogens is 278 g/mol. The van der Waals surface area contributed by atoms with E-state index in [1.54, 1.807) is 13.0 Å². The van der Waals surface area contributed by atoms with E-state index in [0.29, 0.717) is 23.1 Å². The molecule has 0 aliphatic carbocycles. The van der Waals surface area contributed by atoms with Crippen molar-refractivity contribution in [3.05, 3.63) is 58.0 Å². The zero-order valence-corrected chi connectivity index (χ0v) is 12.1. The first-order valence-corrected chi connectivity index (χ1v) is 6.66. The number of furan rings is 1. The van der Waals surface area contributed by atoms with Gasteiger partial charge in [0.25, 0.3) is 0 Å². The van der Waals surface area contributed by atoms with Gasteiger partial charge in [0, 0.05) is 11.1 Å². The summed E-state index contributed by atoms with van der Waals surface area (Å²) in [6, 6.07) is 9.26. The summed E-state index contributed by atoms with van der Waals surface area (Å²) in [6.07, 6.45) is 0. The molecule has 2 aromatic rings. The first-order valence-electron chi connectivity index (χ1n) is 6.29. The van der Waals surface area contributed by atoms with Crippen LogP contribution in [0.4, 0.5) is 0 Å². The quantitative estimate of drug-likeness (QED) is 0.880. The van der Waals surface area contributed by atoms with Gasteiger partial charge in [0.1, 0.15) is 17.1 Å². The Morgan fingerprint density at radius 2 is 2.05 bits per heavy atom. The molecule has 1 atom stereocenters. The van der Waals surface area contributed by atoms with Crippen molar-refractivity contribution in [2.75, 3.05) is 0 Å². The first kappa shape index (κ1) is 14.6. The summed E-state index contributed by atoms with van der Waals surface area (Å²) >= 11 is 5.85. The summed E-state index contributed by atoms with van der Waals surface area (Å²) in [5.74, 6) is 0.0670. The number of carboxylic acid groups (broad SMARTS) is 1. The third-order valence-corrected chi connectivity index (χ3v) is 3.40. The number of hydrogen-bond donors (Lipinski definition) is 2. The number of aryl methyl sites for hydroxylation is 1. The molecule has 0 aliphatic heterocycles. The largest absolute Gasteiger partial charge is 0.478 e. The number of carboxylic acids is 1. The minimum atomic E-state index is -0.969. The van der Waals surface area contributed by atoms with Crippen molar-refractivity contribution >= 4 is 17.6 Å². The monoisotopic (exact) mass is 293 g/mol. The third-order valence-electron chi connectivity index (χ3n) is 3.15. The molecule has 20 heavy (non-hydrogen) atoms. The van der Waals surface area contributed by atoms with Crippen molar-refractivity contribution in [2.45, 2.75) is 26.4 Å². The highest BCUT2D eigenvalue weighted by atomic mass is 35.5. The molecule has 4 nitrogen and oxygen atoms in total. The Morgan fingerprint density at radius 1 is 1.40 bits per heavy atom. The normalized spacial score (nSPS) is 12.3. The van der Waals surface area contributed by atoms with Gasteiger partial charge in [0.05, 0.1) is 6.54 Å². The molecule has 0 fully saturated rings. The summed E-state index contributed by atoms with van der Waals surface area (Å²) in [5, 5.41) is 13.0. The molecule has 2 rings (SSSR count). The van der Waals surface area contributed by atoms with Gasteiger partial charge in [-0.25, -0.2) is 4.79 Å². The number of aromatic carboxylic acids is 1. The number of rotatable bonds is 5. The lowest BCUT2D eigenvalue weighted by Gasteiger charge is -2.13. The van der Waals surface area contributed by atoms with Gasteiger partial charge in [-0.15, -0.1) is 0 Å². The van der Waals surface area contributed by atoms with Crippen LogP contribution >= 0.6 is 11.6 Å². The van der Waals surface area contributed by atoms with Crippen LogP contribution in [0.3, 0.4) is 0 Å². The third kappa shape index (κ3) is 3.40. The van der Waals surface area contributed by atoms with Crippen LogP contribution in [0.1, 0.15) is 40.4 Å². The molecule has 0 amide bonds. The van der Waals surface area contributed by atoms with Crippen LogP contribution in [0.5, 0.6) is 0 Å². The van der Waals surface area contributed by atoms with Crippen molar-refractivity contribution in [2.24, 2.45) is 0 Å². The molecular formula is C15H16ClNO3. The van der Waals surface area contributed by atoms with E-state index >= 15 is 0 Å². The van der Waals surface area contributed by atoms with Crippen LogP contribution in [-0.2, 0) is 6.54 Å². The number of hydrogen-bond acceptors (Lipinski definition) is 3. The molecule has 0 aliphatic rings. The van der Waals surface area contributed by atoms with Crippen molar-refractivity contribution in [1.29, 1.82) is 0 Å². The van der Waals surface area contributed by atoms with Crippen molar-refractivity contribution in [1.82, 2.24) is 5.32 Å². The number of nitrogens with one attached hydrogen (secondary N) is 1. The van der Waals surface area contributed by atoms with E-state index in [9.17, 15) is 4.79 Å². The first-order chi connectivity index (χ1) is 9.47. The number of benzene rings is 1. The summed E-state index contributed by atoms with van der Waals surface area (Å²) in [4.78, 5) is 10.9. The fourth-order valence-electron chi connectivity index (χ4n) is 1.97. The predicted octanol–water partition coefficient (Wildman–Crippen LogP) is 3.79. The topological polar surface area (TPSA) is 62.5 Å². The van der Waals surface area contributed by atoms with E-state index in [0.717, 1.165) is 5.56 Å². The van der Waals surface area contributed by atoms with Gasteiger partial charge in [-0.1, -0.05) is 23.7 Å². The molecule has 2 N–H and O–H groups in total. The molecule has 0 spiro atoms.